The van der Waals surface area contributed by atoms with Gasteiger partial charge in [-0.1, -0.05) is 0 Å². The number of ether oxygens (including phenoxy) is 1. The van der Waals surface area contributed by atoms with Gasteiger partial charge in [-0.3, -0.25) is 14.3 Å². The van der Waals surface area contributed by atoms with E-state index in [1.807, 2.05) is 10.0 Å². The highest BCUT2D eigenvalue weighted by atomic mass is 32.2. The fourth-order valence-electron chi connectivity index (χ4n) is 2.73. The summed E-state index contributed by atoms with van der Waals surface area (Å²) < 4.78 is 74.8. The third-order valence-corrected chi connectivity index (χ3v) is 5.70. The number of hydrogen-bond acceptors (Lipinski definition) is 6. The molecule has 178 valence electrons. The molecule has 0 fully saturated rings. The van der Waals surface area contributed by atoms with Crippen molar-refractivity contribution in [1.82, 2.24) is 4.98 Å². The molecule has 0 unspecified atom stereocenters. The van der Waals surface area contributed by atoms with Gasteiger partial charge >= 0.3 is 0 Å². The summed E-state index contributed by atoms with van der Waals surface area (Å²) in [7, 11) is -3.28. The van der Waals surface area contributed by atoms with Crippen LogP contribution in [0.15, 0.2) is 53.6 Å². The van der Waals surface area contributed by atoms with Crippen LogP contribution in [0.4, 0.5) is 30.4 Å². The molecule has 9 nitrogen and oxygen atoms in total. The number of nitrogens with zero attached hydrogens (tertiary/aromatic N) is 1. The van der Waals surface area contributed by atoms with Gasteiger partial charge in [0, 0.05) is 13.1 Å². The molecule has 0 bridgehead atoms. The van der Waals surface area contributed by atoms with Gasteiger partial charge in [0.25, 0.3) is 15.9 Å². The molecule has 2 amide bonds. The fraction of sp³-hybridized carbons (Fsp3) is 0.0952. The molecular weight excluding hydrogens is 477 g/mol. The zero-order valence-electron chi connectivity index (χ0n) is 17.6. The molecule has 0 saturated carbocycles. The van der Waals surface area contributed by atoms with Crippen molar-refractivity contribution in [2.45, 2.75) is 11.8 Å². The zero-order chi connectivity index (χ0) is 25.0. The number of sulfonamides is 1. The predicted octanol–water partition coefficient (Wildman–Crippen LogP) is 3.52. The summed E-state index contributed by atoms with van der Waals surface area (Å²) in [6.45, 7) is 1.26. The van der Waals surface area contributed by atoms with Gasteiger partial charge < -0.3 is 15.4 Å². The molecule has 0 aliphatic heterocycles. The Hall–Kier alpha value is -4.13. The van der Waals surface area contributed by atoms with Crippen molar-refractivity contribution in [1.29, 1.82) is 0 Å². The van der Waals surface area contributed by atoms with Crippen molar-refractivity contribution in [3.63, 3.8) is 0 Å². The van der Waals surface area contributed by atoms with Crippen LogP contribution in [0.2, 0.25) is 0 Å². The summed E-state index contributed by atoms with van der Waals surface area (Å²) in [4.78, 5) is 26.7. The predicted molar refractivity (Wildman–Crippen MR) is 117 cm³/mol. The van der Waals surface area contributed by atoms with Gasteiger partial charge in [0.1, 0.15) is 17.3 Å². The van der Waals surface area contributed by atoms with Gasteiger partial charge in [-0.25, -0.2) is 26.6 Å². The number of carbonyl (C=O) groups excluding carboxylic acids is 2. The Bertz CT molecular complexity index is 1370. The maximum Gasteiger partial charge on any atom is 0.262 e. The maximum absolute atomic E-state index is 14.9. The highest BCUT2D eigenvalue weighted by molar-refractivity contribution is 7.92. The van der Waals surface area contributed by atoms with E-state index in [1.165, 1.54) is 26.2 Å². The zero-order valence-corrected chi connectivity index (χ0v) is 18.5. The molecule has 3 N–H and O–H groups in total. The van der Waals surface area contributed by atoms with E-state index >= 15 is 0 Å². The van der Waals surface area contributed by atoms with Gasteiger partial charge in [-0.2, -0.15) is 0 Å². The molecular formula is C21H17F3N4O5S. The van der Waals surface area contributed by atoms with E-state index in [4.69, 9.17) is 4.74 Å². The first kappa shape index (κ1) is 24.5. The average Bonchev–Trinajstić information content (AvgIpc) is 2.78. The number of anilines is 3. The summed E-state index contributed by atoms with van der Waals surface area (Å²) in [5.74, 6) is -4.91. The lowest BCUT2D eigenvalue weighted by atomic mass is 10.2. The van der Waals surface area contributed by atoms with E-state index < -0.39 is 49.7 Å². The summed E-state index contributed by atoms with van der Waals surface area (Å²) in [6.07, 6.45) is 1.07. The Morgan fingerprint density at radius 2 is 1.71 bits per heavy atom. The highest BCUT2D eigenvalue weighted by Gasteiger charge is 2.22. The molecule has 0 aliphatic carbocycles. The fourth-order valence-corrected chi connectivity index (χ4v) is 3.80. The lowest BCUT2D eigenvalue weighted by Crippen LogP contribution is -2.18. The quantitative estimate of drug-likeness (QED) is 0.461. The second kappa shape index (κ2) is 9.79. The minimum absolute atomic E-state index is 0.0902. The topological polar surface area (TPSA) is 126 Å². The Balaban J connectivity index is 1.85. The Morgan fingerprint density at radius 1 is 0.971 bits per heavy atom. The molecule has 2 aromatic carbocycles. The summed E-state index contributed by atoms with van der Waals surface area (Å²) in [6, 6.07) is 6.89. The number of aromatic nitrogens is 1. The van der Waals surface area contributed by atoms with E-state index in [2.05, 4.69) is 10.3 Å². The SMILES string of the molecule is COc1ccc(S(=O)(=O)Nc2ccc(F)c(NC(=O)c3ccc(NC(C)=O)nc3)c2F)cc1F. The van der Waals surface area contributed by atoms with Crippen LogP contribution >= 0.6 is 0 Å². The van der Waals surface area contributed by atoms with Crippen LogP contribution in [-0.4, -0.2) is 32.3 Å². The van der Waals surface area contributed by atoms with Crippen molar-refractivity contribution in [2.24, 2.45) is 0 Å². The lowest BCUT2D eigenvalue weighted by molar-refractivity contribution is -0.114. The number of halogens is 3. The molecule has 3 rings (SSSR count). The number of nitrogens with one attached hydrogen (secondary N) is 3. The number of carbonyl (C=O) groups is 2. The molecule has 0 saturated heterocycles. The third kappa shape index (κ3) is 5.43. The maximum atomic E-state index is 14.9. The molecule has 1 aromatic heterocycles. The van der Waals surface area contributed by atoms with Crippen LogP contribution in [-0.2, 0) is 14.8 Å². The third-order valence-electron chi connectivity index (χ3n) is 4.34. The first-order chi connectivity index (χ1) is 16.0. The highest BCUT2D eigenvalue weighted by Crippen LogP contribution is 2.29. The molecule has 34 heavy (non-hydrogen) atoms. The van der Waals surface area contributed by atoms with Gasteiger partial charge in [0.2, 0.25) is 5.91 Å². The Kier molecular flexibility index (Phi) is 7.05. The van der Waals surface area contributed by atoms with Crippen molar-refractivity contribution in [3.8, 4) is 5.75 Å². The molecule has 3 aromatic rings. The molecule has 13 heteroatoms. The molecule has 0 spiro atoms. The number of methoxy groups -OCH3 is 1. The van der Waals surface area contributed by atoms with Crippen molar-refractivity contribution >= 4 is 39.0 Å². The van der Waals surface area contributed by atoms with Crippen LogP contribution in [0.5, 0.6) is 5.75 Å². The smallest absolute Gasteiger partial charge is 0.262 e. The number of pyridine rings is 1. The minimum Gasteiger partial charge on any atom is -0.494 e. The van der Waals surface area contributed by atoms with Crippen LogP contribution < -0.4 is 20.1 Å². The molecule has 0 atom stereocenters. The second-order valence-electron chi connectivity index (χ2n) is 6.75. The first-order valence-electron chi connectivity index (χ1n) is 9.41. The summed E-state index contributed by atoms with van der Waals surface area (Å²) in [5.41, 5.74) is -1.70. The van der Waals surface area contributed by atoms with Gasteiger partial charge in [-0.15, -0.1) is 0 Å². The van der Waals surface area contributed by atoms with E-state index in [1.54, 1.807) is 0 Å². The number of hydrogen-bond donors (Lipinski definition) is 3. The van der Waals surface area contributed by atoms with Gasteiger partial charge in [0.05, 0.1) is 23.3 Å². The number of amides is 2. The number of rotatable bonds is 7. The van der Waals surface area contributed by atoms with Crippen LogP contribution in [0.3, 0.4) is 0 Å². The standard InChI is InChI=1S/C21H17F3N4O5S/c1-11(29)26-18-8-3-12(10-25-18)21(30)27-20-14(22)5-6-16(19(20)24)28-34(31,32)13-4-7-17(33-2)15(23)9-13/h3-10,28H,1-2H3,(H,27,30)(H,25,26,29). The van der Waals surface area contributed by atoms with E-state index in [9.17, 15) is 31.2 Å². The van der Waals surface area contributed by atoms with Gasteiger partial charge in [0.15, 0.2) is 17.4 Å². The van der Waals surface area contributed by atoms with E-state index in [0.717, 1.165) is 30.5 Å². The molecule has 0 radical (unpaired) electrons. The van der Waals surface area contributed by atoms with Crippen LogP contribution in [0, 0.1) is 17.5 Å². The lowest BCUT2D eigenvalue weighted by Gasteiger charge is -2.13. The first-order valence-corrected chi connectivity index (χ1v) is 10.9. The summed E-state index contributed by atoms with van der Waals surface area (Å²) >= 11 is 0. The largest absolute Gasteiger partial charge is 0.494 e. The van der Waals surface area contributed by atoms with Crippen LogP contribution in [0.1, 0.15) is 17.3 Å². The van der Waals surface area contributed by atoms with Gasteiger partial charge in [-0.05, 0) is 42.5 Å². The van der Waals surface area contributed by atoms with Crippen molar-refractivity contribution in [3.05, 3.63) is 71.7 Å². The van der Waals surface area contributed by atoms with E-state index in [-0.39, 0.29) is 23.0 Å². The Labute approximate surface area is 192 Å². The molecule has 0 aliphatic rings. The summed E-state index contributed by atoms with van der Waals surface area (Å²) in [5, 5.41) is 4.41. The second-order valence-corrected chi connectivity index (χ2v) is 8.44. The van der Waals surface area contributed by atoms with Crippen molar-refractivity contribution in [2.75, 3.05) is 22.5 Å². The number of benzene rings is 2. The van der Waals surface area contributed by atoms with Crippen LogP contribution in [0.25, 0.3) is 0 Å². The monoisotopic (exact) mass is 494 g/mol. The van der Waals surface area contributed by atoms with Crippen molar-refractivity contribution < 1.29 is 35.9 Å². The Morgan fingerprint density at radius 3 is 2.29 bits per heavy atom. The minimum atomic E-state index is -4.47. The van der Waals surface area contributed by atoms with E-state index in [0.29, 0.717) is 6.07 Å². The average molecular weight is 494 g/mol. The normalized spacial score (nSPS) is 11.0. The molecule has 1 heterocycles.